The molecule has 0 aromatic heterocycles. The Hall–Kier alpha value is -1.49. The highest BCUT2D eigenvalue weighted by atomic mass is 16.8. The molecular formula is C60H98O26. The van der Waals surface area contributed by atoms with Crippen molar-refractivity contribution in [1.82, 2.24) is 0 Å². The molecule has 11 fully saturated rings. The van der Waals surface area contributed by atoms with E-state index in [-0.39, 0.29) is 50.4 Å². The van der Waals surface area contributed by atoms with Crippen molar-refractivity contribution in [2.24, 2.45) is 50.2 Å². The van der Waals surface area contributed by atoms with Gasteiger partial charge in [0, 0.05) is 10.8 Å². The van der Waals surface area contributed by atoms with Crippen molar-refractivity contribution in [2.75, 3.05) is 13.2 Å². The second kappa shape index (κ2) is 23.2. The van der Waals surface area contributed by atoms with Gasteiger partial charge in [-0.25, -0.2) is 4.79 Å². The van der Waals surface area contributed by atoms with Gasteiger partial charge in [-0.05, 0) is 124 Å². The van der Waals surface area contributed by atoms with Crippen LogP contribution in [0.15, 0.2) is 0 Å². The summed E-state index contributed by atoms with van der Waals surface area (Å²) in [6.07, 6.45) is -36.6. The Morgan fingerprint density at radius 3 is 1.60 bits per heavy atom. The molecule has 86 heavy (non-hydrogen) atoms. The molecule has 6 aliphatic heterocycles. The van der Waals surface area contributed by atoms with Crippen LogP contribution in [0.3, 0.4) is 0 Å². The molecule has 1 spiro atoms. The van der Waals surface area contributed by atoms with Crippen molar-refractivity contribution in [3.05, 3.63) is 0 Å². The van der Waals surface area contributed by atoms with Crippen molar-refractivity contribution >= 4 is 5.97 Å². The summed E-state index contributed by atoms with van der Waals surface area (Å²) in [6, 6.07) is 0. The molecule has 26 heteroatoms. The molecule has 5 aliphatic carbocycles. The lowest BCUT2D eigenvalue weighted by atomic mass is 9.30. The number of carbonyl (C=O) groups is 1. The average Bonchev–Trinajstić information content (AvgIpc) is 1.43. The van der Waals surface area contributed by atoms with Crippen LogP contribution in [0.4, 0.5) is 0 Å². The number of aliphatic carboxylic acids is 1. The lowest BCUT2D eigenvalue weighted by Crippen LogP contribution is -2.74. The van der Waals surface area contributed by atoms with Gasteiger partial charge in [0.15, 0.2) is 37.6 Å². The SMILES string of the molecule is CC1OC(OC2C(C)OC(OC3C(CO)OC(OC4C(OC5CCC6(C)C(CCC7(C)C6CCC68OCC9(CCC(C)(C)CC96)C(O)CC78C)C5(C)C)OC(C(=O)O)C(O)C4O)C(OC4OC(C)C(O)C(O)C4O)C3O)C(O)C2O)C(O)C(O)C1O. The molecule has 14 N–H and O–H groups in total. The zero-order chi connectivity index (χ0) is 62.7. The van der Waals surface area contributed by atoms with Crippen LogP contribution in [0.1, 0.15) is 133 Å². The summed E-state index contributed by atoms with van der Waals surface area (Å²) in [5.41, 5.74) is -1.89. The molecule has 0 aromatic carbocycles. The van der Waals surface area contributed by atoms with Crippen LogP contribution in [0.2, 0.25) is 0 Å². The monoisotopic (exact) mass is 1230 g/mol. The minimum Gasteiger partial charge on any atom is -0.479 e. The van der Waals surface area contributed by atoms with Gasteiger partial charge in [0.05, 0.1) is 49.3 Å². The Morgan fingerprint density at radius 2 is 1.00 bits per heavy atom. The van der Waals surface area contributed by atoms with Crippen molar-refractivity contribution in [3.8, 4) is 0 Å². The van der Waals surface area contributed by atoms with Crippen LogP contribution in [0.25, 0.3) is 0 Å². The smallest absolute Gasteiger partial charge is 0.335 e. The van der Waals surface area contributed by atoms with E-state index in [1.807, 2.05) is 0 Å². The largest absolute Gasteiger partial charge is 0.479 e. The third-order valence-corrected chi connectivity index (χ3v) is 24.6. The van der Waals surface area contributed by atoms with Gasteiger partial charge in [0.2, 0.25) is 0 Å². The maximum atomic E-state index is 12.8. The van der Waals surface area contributed by atoms with Gasteiger partial charge in [-0.1, -0.05) is 48.5 Å². The third kappa shape index (κ3) is 10.1. The predicted octanol–water partition coefficient (Wildman–Crippen LogP) is -1.35. The number of carboxylic acids is 1. The minimum absolute atomic E-state index is 0.0415. The van der Waals surface area contributed by atoms with E-state index in [0.29, 0.717) is 25.9 Å². The first-order chi connectivity index (χ1) is 40.1. The molecule has 6 heterocycles. The molecular weight excluding hydrogens is 1140 g/mol. The Labute approximate surface area is 501 Å². The van der Waals surface area contributed by atoms with Crippen LogP contribution in [0, 0.1) is 50.2 Å². The molecule has 0 aromatic rings. The summed E-state index contributed by atoms with van der Waals surface area (Å²) >= 11 is 0. The maximum absolute atomic E-state index is 12.8. The van der Waals surface area contributed by atoms with E-state index in [0.717, 1.165) is 44.9 Å². The maximum Gasteiger partial charge on any atom is 0.335 e. The van der Waals surface area contributed by atoms with E-state index in [1.165, 1.54) is 20.8 Å². The van der Waals surface area contributed by atoms with Gasteiger partial charge in [-0.3, -0.25) is 0 Å². The first-order valence-corrected chi connectivity index (χ1v) is 31.3. The van der Waals surface area contributed by atoms with E-state index in [9.17, 15) is 76.3 Å². The lowest BCUT2D eigenvalue weighted by molar-refractivity contribution is -0.409. The lowest BCUT2D eigenvalue weighted by Gasteiger charge is -2.75. The third-order valence-electron chi connectivity index (χ3n) is 24.6. The normalized spacial score (nSPS) is 57.7. The van der Waals surface area contributed by atoms with Crippen molar-refractivity contribution in [3.63, 3.8) is 0 Å². The average molecular weight is 1240 g/mol. The van der Waals surface area contributed by atoms with Gasteiger partial charge in [-0.15, -0.1) is 0 Å². The summed E-state index contributed by atoms with van der Waals surface area (Å²) in [6.45, 7) is 20.0. The van der Waals surface area contributed by atoms with Crippen LogP contribution < -0.4 is 0 Å². The molecule has 0 amide bonds. The standard InChI is InChI=1S/C60H98O26/c1-23-32(63)34(65)39(70)49(77-23)82-43-25(3)79-51(41(72)38(43)69)83-44-26(21-61)80-52(47(42(44)73)85-50-40(71)35(66)33(64)24(2)78-50)86-46-37(68)36(67)45(48(74)75)84-53(46)81-31-13-14-56(8)27(55(31,6)7)11-15-57(9)28(56)12-16-60-29-19-54(4,5)17-18-59(29,22-76-60)30(62)20-58(57,60)10/h23-47,49-53,61-73H,11-22H2,1-10H3,(H,74,75). The minimum atomic E-state index is -2.14. The second-order valence-electron chi connectivity index (χ2n) is 29.9. The summed E-state index contributed by atoms with van der Waals surface area (Å²) < 4.78 is 68.4. The number of ether oxygens (including phenoxy) is 11. The number of fused-ring (bicyclic) bond motifs is 4. The number of aliphatic hydroxyl groups excluding tert-OH is 13. The predicted molar refractivity (Wildman–Crippen MR) is 291 cm³/mol. The highest BCUT2D eigenvalue weighted by Crippen LogP contribution is 2.80. The summed E-state index contributed by atoms with van der Waals surface area (Å²) in [5, 5.41) is 156. The molecule has 6 saturated heterocycles. The summed E-state index contributed by atoms with van der Waals surface area (Å²) in [4.78, 5) is 12.8. The van der Waals surface area contributed by atoms with Crippen molar-refractivity contribution in [2.45, 2.75) is 305 Å². The molecule has 11 rings (SSSR count). The van der Waals surface area contributed by atoms with Crippen LogP contribution in [0.5, 0.6) is 0 Å². The molecule has 0 radical (unpaired) electrons. The molecule has 26 nitrogen and oxygen atoms in total. The number of hydrogen-bond acceptors (Lipinski definition) is 25. The highest BCUT2D eigenvalue weighted by Gasteiger charge is 2.80. The Bertz CT molecular complexity index is 2420. The fourth-order valence-electron chi connectivity index (χ4n) is 19.3. The number of carboxylic acid groups (broad SMARTS) is 1. The Kier molecular flexibility index (Phi) is 17.8. The topological polar surface area (TPSA) is 402 Å². The fourth-order valence-corrected chi connectivity index (χ4v) is 19.3. The Morgan fingerprint density at radius 1 is 0.477 bits per heavy atom. The van der Waals surface area contributed by atoms with Gasteiger partial charge < -0.3 is 124 Å². The Balaban J connectivity index is 0.847. The van der Waals surface area contributed by atoms with E-state index in [4.69, 9.17) is 52.1 Å². The first kappa shape index (κ1) is 66.0. The molecule has 5 saturated carbocycles. The quantitative estimate of drug-likeness (QED) is 0.100. The summed E-state index contributed by atoms with van der Waals surface area (Å²) in [7, 11) is 0. The first-order valence-electron chi connectivity index (χ1n) is 31.3. The van der Waals surface area contributed by atoms with Crippen LogP contribution >= 0.6 is 0 Å². The van der Waals surface area contributed by atoms with Crippen LogP contribution in [-0.2, 0) is 56.9 Å². The second-order valence-corrected chi connectivity index (χ2v) is 29.9. The summed E-state index contributed by atoms with van der Waals surface area (Å²) in [5.74, 6) is -1.10. The zero-order valence-electron chi connectivity index (χ0n) is 51.0. The highest BCUT2D eigenvalue weighted by molar-refractivity contribution is 5.73. The molecule has 11 aliphatic rings. The van der Waals surface area contributed by atoms with E-state index in [2.05, 4.69) is 48.5 Å². The van der Waals surface area contributed by atoms with Crippen molar-refractivity contribution < 1.29 is 128 Å². The van der Waals surface area contributed by atoms with E-state index < -0.39 is 184 Å². The van der Waals surface area contributed by atoms with Crippen molar-refractivity contribution in [1.29, 1.82) is 0 Å². The molecule has 35 atom stereocenters. The van der Waals surface area contributed by atoms with E-state index in [1.54, 1.807) is 0 Å². The van der Waals surface area contributed by atoms with Gasteiger partial charge in [0.1, 0.15) is 97.7 Å². The zero-order valence-corrected chi connectivity index (χ0v) is 51.0. The van der Waals surface area contributed by atoms with Gasteiger partial charge in [0.25, 0.3) is 0 Å². The fraction of sp³-hybridized carbons (Fsp3) is 0.983. The van der Waals surface area contributed by atoms with Crippen LogP contribution in [-0.4, -0.2) is 262 Å². The number of rotatable bonds is 12. The molecule has 35 unspecified atom stereocenters. The van der Waals surface area contributed by atoms with E-state index >= 15 is 0 Å². The molecule has 494 valence electrons. The molecule has 2 bridgehead atoms. The van der Waals surface area contributed by atoms with Gasteiger partial charge in [-0.2, -0.15) is 0 Å². The number of hydrogen-bond donors (Lipinski definition) is 14. The van der Waals surface area contributed by atoms with Gasteiger partial charge >= 0.3 is 5.97 Å². The number of aliphatic hydroxyl groups is 13.